The Morgan fingerprint density at radius 2 is 2.00 bits per heavy atom. The first-order valence-electron chi connectivity index (χ1n) is 4.60. The Kier molecular flexibility index (Phi) is 2.94. The summed E-state index contributed by atoms with van der Waals surface area (Å²) >= 11 is 3.02. The van der Waals surface area contributed by atoms with Crippen molar-refractivity contribution < 1.29 is 13.2 Å². The van der Waals surface area contributed by atoms with Crippen LogP contribution in [-0.2, 0) is 13.2 Å². The molecular weight excluding hydrogens is 299 g/mol. The van der Waals surface area contributed by atoms with Crippen molar-refractivity contribution >= 4 is 15.9 Å². The summed E-state index contributed by atoms with van der Waals surface area (Å²) in [5.41, 5.74) is -0.778. The minimum atomic E-state index is -4.43. The minimum absolute atomic E-state index is 0.0266. The lowest BCUT2D eigenvalue weighted by Crippen LogP contribution is -2.07. The largest absolute Gasteiger partial charge is 0.417 e. The van der Waals surface area contributed by atoms with Crippen molar-refractivity contribution in [3.8, 4) is 11.4 Å². The first kappa shape index (κ1) is 12.1. The van der Waals surface area contributed by atoms with Gasteiger partial charge in [-0.25, -0.2) is 4.98 Å². The number of alkyl halides is 3. The number of hydrogen-bond donors (Lipinski definition) is 0. The maximum absolute atomic E-state index is 12.8. The molecule has 0 radical (unpaired) electrons. The minimum Gasteiger partial charge on any atom is -0.255 e. The van der Waals surface area contributed by atoms with Gasteiger partial charge in [-0.15, -0.1) is 0 Å². The van der Waals surface area contributed by atoms with Gasteiger partial charge in [0.05, 0.1) is 5.56 Å². The van der Waals surface area contributed by atoms with E-state index in [0.29, 0.717) is 4.47 Å². The Bertz CT molecular complexity index is 548. The lowest BCUT2D eigenvalue weighted by atomic mass is 10.1. The van der Waals surface area contributed by atoms with Crippen molar-refractivity contribution in [3.05, 3.63) is 34.6 Å². The highest BCUT2D eigenvalue weighted by atomic mass is 79.9. The van der Waals surface area contributed by atoms with Crippen molar-refractivity contribution in [2.75, 3.05) is 0 Å². The topological polar surface area (TPSA) is 30.7 Å². The molecule has 0 aliphatic carbocycles. The Balaban J connectivity index is 2.61. The zero-order valence-electron chi connectivity index (χ0n) is 8.66. The molecule has 1 heterocycles. The molecule has 0 unspecified atom stereocenters. The summed E-state index contributed by atoms with van der Waals surface area (Å²) in [5.74, 6) is 0.0623. The van der Waals surface area contributed by atoms with Gasteiger partial charge in [0.25, 0.3) is 0 Å². The molecule has 90 valence electrons. The Morgan fingerprint density at radius 3 is 2.53 bits per heavy atom. The van der Waals surface area contributed by atoms with Crippen LogP contribution in [0.15, 0.2) is 29.0 Å². The van der Waals surface area contributed by atoms with Gasteiger partial charge in [-0.1, -0.05) is 15.9 Å². The first-order valence-corrected chi connectivity index (χ1v) is 5.40. The second-order valence-electron chi connectivity index (χ2n) is 3.43. The number of benzene rings is 1. The number of halogens is 4. The van der Waals surface area contributed by atoms with Crippen LogP contribution in [0.25, 0.3) is 11.4 Å². The van der Waals surface area contributed by atoms with E-state index in [4.69, 9.17) is 0 Å². The zero-order valence-corrected chi connectivity index (χ0v) is 10.2. The number of aromatic nitrogens is 3. The normalized spacial score (nSPS) is 11.8. The fourth-order valence-electron chi connectivity index (χ4n) is 1.41. The second kappa shape index (κ2) is 4.14. The predicted molar refractivity (Wildman–Crippen MR) is 59.1 cm³/mol. The molecule has 1 aromatic heterocycles. The monoisotopic (exact) mass is 305 g/mol. The fraction of sp³-hybridized carbons (Fsp3) is 0.200. The van der Waals surface area contributed by atoms with E-state index in [1.165, 1.54) is 23.1 Å². The molecule has 0 spiro atoms. The van der Waals surface area contributed by atoms with E-state index in [1.54, 1.807) is 7.05 Å². The molecule has 3 nitrogen and oxygen atoms in total. The third kappa shape index (κ3) is 2.49. The van der Waals surface area contributed by atoms with Crippen LogP contribution in [0.3, 0.4) is 0 Å². The van der Waals surface area contributed by atoms with E-state index in [9.17, 15) is 13.2 Å². The van der Waals surface area contributed by atoms with E-state index >= 15 is 0 Å². The lowest BCUT2D eigenvalue weighted by Gasteiger charge is -2.10. The molecule has 0 aliphatic rings. The standard InChI is InChI=1S/C10H7BrF3N3/c1-17-5-15-9(16-17)7-3-2-6(11)4-8(7)10(12,13)14/h2-5H,1H3. The number of aryl methyl sites for hydroxylation is 1. The van der Waals surface area contributed by atoms with Crippen molar-refractivity contribution in [1.29, 1.82) is 0 Å². The van der Waals surface area contributed by atoms with Crippen LogP contribution in [0.2, 0.25) is 0 Å². The maximum atomic E-state index is 12.8. The molecule has 2 aromatic rings. The molecule has 7 heteroatoms. The molecule has 0 bridgehead atoms. The Labute approximate surface area is 103 Å². The zero-order chi connectivity index (χ0) is 12.6. The lowest BCUT2D eigenvalue weighted by molar-refractivity contribution is -0.137. The van der Waals surface area contributed by atoms with Crippen LogP contribution < -0.4 is 0 Å². The molecule has 0 aliphatic heterocycles. The second-order valence-corrected chi connectivity index (χ2v) is 4.35. The highest BCUT2D eigenvalue weighted by Crippen LogP contribution is 2.37. The molecule has 0 atom stereocenters. The molecular formula is C10H7BrF3N3. The van der Waals surface area contributed by atoms with Crippen LogP contribution in [0.5, 0.6) is 0 Å². The smallest absolute Gasteiger partial charge is 0.255 e. The molecule has 0 fully saturated rings. The van der Waals surface area contributed by atoms with Crippen molar-refractivity contribution in [2.24, 2.45) is 7.05 Å². The average molecular weight is 306 g/mol. The predicted octanol–water partition coefficient (Wildman–Crippen LogP) is 3.26. The average Bonchev–Trinajstić information content (AvgIpc) is 2.63. The van der Waals surface area contributed by atoms with E-state index in [1.807, 2.05) is 0 Å². The van der Waals surface area contributed by atoms with Gasteiger partial charge in [0.15, 0.2) is 5.82 Å². The van der Waals surface area contributed by atoms with Gasteiger partial charge in [-0.05, 0) is 18.2 Å². The van der Waals surface area contributed by atoms with Gasteiger partial charge in [0, 0.05) is 17.1 Å². The van der Waals surface area contributed by atoms with Gasteiger partial charge in [-0.2, -0.15) is 18.3 Å². The van der Waals surface area contributed by atoms with Crippen molar-refractivity contribution in [2.45, 2.75) is 6.18 Å². The summed E-state index contributed by atoms with van der Waals surface area (Å²) in [7, 11) is 1.60. The molecule has 0 N–H and O–H groups in total. The Hall–Kier alpha value is -1.37. The van der Waals surface area contributed by atoms with Gasteiger partial charge in [0.1, 0.15) is 6.33 Å². The Morgan fingerprint density at radius 1 is 1.29 bits per heavy atom. The van der Waals surface area contributed by atoms with E-state index in [-0.39, 0.29) is 11.4 Å². The summed E-state index contributed by atoms with van der Waals surface area (Å²) in [6.07, 6.45) is -3.07. The number of hydrogen-bond acceptors (Lipinski definition) is 2. The third-order valence-electron chi connectivity index (χ3n) is 2.13. The van der Waals surface area contributed by atoms with Crippen LogP contribution in [0, 0.1) is 0 Å². The van der Waals surface area contributed by atoms with Gasteiger partial charge in [-0.3, -0.25) is 4.68 Å². The highest BCUT2D eigenvalue weighted by Gasteiger charge is 2.34. The number of nitrogens with zero attached hydrogens (tertiary/aromatic N) is 3. The van der Waals surface area contributed by atoms with Crippen molar-refractivity contribution in [1.82, 2.24) is 14.8 Å². The molecule has 2 rings (SSSR count). The SMILES string of the molecule is Cn1cnc(-c2ccc(Br)cc2C(F)(F)F)n1. The van der Waals surface area contributed by atoms with Crippen LogP contribution >= 0.6 is 15.9 Å². The summed E-state index contributed by atoms with van der Waals surface area (Å²) in [5, 5.41) is 3.88. The highest BCUT2D eigenvalue weighted by molar-refractivity contribution is 9.10. The molecule has 0 saturated heterocycles. The fourth-order valence-corrected chi connectivity index (χ4v) is 1.77. The van der Waals surface area contributed by atoms with Gasteiger partial charge >= 0.3 is 6.18 Å². The summed E-state index contributed by atoms with van der Waals surface area (Å²) in [6.45, 7) is 0. The first-order chi connectivity index (χ1) is 7.88. The summed E-state index contributed by atoms with van der Waals surface area (Å²) < 4.78 is 40.2. The van der Waals surface area contributed by atoms with Gasteiger partial charge < -0.3 is 0 Å². The van der Waals surface area contributed by atoms with Crippen LogP contribution in [-0.4, -0.2) is 14.8 Å². The number of rotatable bonds is 1. The summed E-state index contributed by atoms with van der Waals surface area (Å²) in [4.78, 5) is 3.83. The van der Waals surface area contributed by atoms with Crippen LogP contribution in [0.1, 0.15) is 5.56 Å². The maximum Gasteiger partial charge on any atom is 0.417 e. The van der Waals surface area contributed by atoms with E-state index in [2.05, 4.69) is 26.0 Å². The molecule has 0 amide bonds. The van der Waals surface area contributed by atoms with E-state index in [0.717, 1.165) is 6.07 Å². The molecule has 0 saturated carbocycles. The molecule has 17 heavy (non-hydrogen) atoms. The summed E-state index contributed by atoms with van der Waals surface area (Å²) in [6, 6.07) is 3.90. The van der Waals surface area contributed by atoms with Crippen molar-refractivity contribution in [3.63, 3.8) is 0 Å². The third-order valence-corrected chi connectivity index (χ3v) is 2.62. The van der Waals surface area contributed by atoms with Gasteiger partial charge in [0.2, 0.25) is 0 Å². The quantitative estimate of drug-likeness (QED) is 0.809. The molecule has 1 aromatic carbocycles. The van der Waals surface area contributed by atoms with Crippen LogP contribution in [0.4, 0.5) is 13.2 Å². The van der Waals surface area contributed by atoms with E-state index < -0.39 is 11.7 Å².